The predicted octanol–water partition coefficient (Wildman–Crippen LogP) is 3.70. The van der Waals surface area contributed by atoms with Gasteiger partial charge >= 0.3 is 5.97 Å². The molecule has 35 heavy (non-hydrogen) atoms. The zero-order valence-electron chi connectivity index (χ0n) is 20.1. The lowest BCUT2D eigenvalue weighted by atomic mass is 10.0. The van der Waals surface area contributed by atoms with Crippen molar-refractivity contribution in [2.45, 2.75) is 52.1 Å². The molecule has 1 aliphatic carbocycles. The number of piperazine rings is 1. The first kappa shape index (κ1) is 24.8. The van der Waals surface area contributed by atoms with Crippen LogP contribution in [0.15, 0.2) is 30.5 Å². The van der Waals surface area contributed by atoms with Crippen LogP contribution in [0.1, 0.15) is 64.6 Å². The number of hydrogen-bond acceptors (Lipinski definition) is 5. The molecule has 8 nitrogen and oxygen atoms in total. The molecule has 186 valence electrons. The zero-order chi connectivity index (χ0) is 25.1. The molecule has 1 atom stereocenters. The molecule has 0 spiro atoms. The fraction of sp³-hybridized carbons (Fsp3) is 0.462. The highest BCUT2D eigenvalue weighted by atomic mass is 19.1. The molecule has 1 saturated carbocycles. The number of carbonyl (C=O) groups is 3. The minimum atomic E-state index is -1.18. The summed E-state index contributed by atoms with van der Waals surface area (Å²) in [5.41, 5.74) is 1.90. The fourth-order valence-corrected chi connectivity index (χ4v) is 5.03. The second-order valence-corrected chi connectivity index (χ2v) is 9.53. The Labute approximate surface area is 204 Å². The third-order valence-corrected chi connectivity index (χ3v) is 7.07. The molecule has 0 unspecified atom stereocenters. The third kappa shape index (κ3) is 5.67. The Morgan fingerprint density at radius 1 is 1.17 bits per heavy atom. The Morgan fingerprint density at radius 2 is 1.91 bits per heavy atom. The number of rotatable bonds is 6. The molecule has 2 N–H and O–H groups in total. The lowest BCUT2D eigenvalue weighted by Gasteiger charge is -2.41. The van der Waals surface area contributed by atoms with Crippen molar-refractivity contribution >= 4 is 23.5 Å². The monoisotopic (exact) mass is 482 g/mol. The van der Waals surface area contributed by atoms with E-state index in [2.05, 4.69) is 22.1 Å². The molecule has 2 heterocycles. The van der Waals surface area contributed by atoms with E-state index in [0.29, 0.717) is 31.9 Å². The molecular weight excluding hydrogens is 451 g/mol. The normalized spacial score (nSPS) is 19.1. The van der Waals surface area contributed by atoms with Gasteiger partial charge in [-0.15, -0.1) is 0 Å². The smallest absolute Gasteiger partial charge is 0.354 e. The number of halogens is 1. The number of hydrogen-bond donors (Lipinski definition) is 2. The van der Waals surface area contributed by atoms with Crippen LogP contribution in [0.25, 0.3) is 0 Å². The average Bonchev–Trinajstić information content (AvgIpc) is 3.37. The zero-order valence-corrected chi connectivity index (χ0v) is 20.1. The number of aromatic carboxylic acids is 1. The van der Waals surface area contributed by atoms with E-state index in [-0.39, 0.29) is 29.1 Å². The summed E-state index contributed by atoms with van der Waals surface area (Å²) < 4.78 is 14.5. The van der Waals surface area contributed by atoms with Crippen LogP contribution in [0.4, 0.5) is 10.1 Å². The van der Waals surface area contributed by atoms with Gasteiger partial charge in [-0.25, -0.2) is 14.2 Å². The van der Waals surface area contributed by atoms with Gasteiger partial charge in [-0.3, -0.25) is 14.5 Å². The van der Waals surface area contributed by atoms with Crippen LogP contribution in [-0.4, -0.2) is 63.4 Å². The lowest BCUT2D eigenvalue weighted by molar-refractivity contribution is -0.140. The number of nitrogens with one attached hydrogen (secondary N) is 1. The second kappa shape index (κ2) is 10.5. The number of carbonyl (C=O) groups excluding carboxylic acids is 2. The van der Waals surface area contributed by atoms with E-state index < -0.39 is 17.7 Å². The van der Waals surface area contributed by atoms with Crippen molar-refractivity contribution in [3.8, 4) is 0 Å². The maximum absolute atomic E-state index is 14.5. The van der Waals surface area contributed by atoms with Gasteiger partial charge < -0.3 is 15.3 Å². The van der Waals surface area contributed by atoms with Crippen molar-refractivity contribution < 1.29 is 23.9 Å². The van der Waals surface area contributed by atoms with Gasteiger partial charge in [0.15, 0.2) is 0 Å². The first-order valence-electron chi connectivity index (χ1n) is 12.1. The molecule has 0 radical (unpaired) electrons. The van der Waals surface area contributed by atoms with E-state index in [1.807, 2.05) is 11.8 Å². The molecule has 2 amide bonds. The van der Waals surface area contributed by atoms with Gasteiger partial charge in [0.25, 0.3) is 5.91 Å². The first-order chi connectivity index (χ1) is 16.7. The number of nitrogens with zero attached hydrogens (tertiary/aromatic N) is 3. The maximum Gasteiger partial charge on any atom is 0.354 e. The van der Waals surface area contributed by atoms with Gasteiger partial charge in [0.2, 0.25) is 5.91 Å². The van der Waals surface area contributed by atoms with Crippen molar-refractivity contribution in [1.82, 2.24) is 14.8 Å². The molecule has 2 aromatic rings. The molecule has 1 aliphatic heterocycles. The summed E-state index contributed by atoms with van der Waals surface area (Å²) >= 11 is 0. The predicted molar refractivity (Wildman–Crippen MR) is 129 cm³/mol. The molecular formula is C26H31FN4O4. The van der Waals surface area contributed by atoms with E-state index in [1.165, 1.54) is 30.5 Å². The summed E-state index contributed by atoms with van der Waals surface area (Å²) in [7, 11) is 0. The largest absolute Gasteiger partial charge is 0.477 e. The van der Waals surface area contributed by atoms with Gasteiger partial charge in [0.1, 0.15) is 11.5 Å². The quantitative estimate of drug-likeness (QED) is 0.651. The third-order valence-electron chi connectivity index (χ3n) is 7.07. The minimum Gasteiger partial charge on any atom is -0.477 e. The molecule has 4 rings (SSSR count). The van der Waals surface area contributed by atoms with Crippen LogP contribution < -0.4 is 5.32 Å². The Bertz CT molecular complexity index is 1120. The molecule has 1 aromatic carbocycles. The second-order valence-electron chi connectivity index (χ2n) is 9.53. The number of aromatic nitrogens is 1. The number of pyridine rings is 1. The molecule has 2 aliphatic rings. The Hall–Kier alpha value is -3.33. The molecule has 2 fully saturated rings. The SMILES string of the molecule is Cc1c(CN2CCN(C(=O)C3CCCC3)[C@@H](C)C2)cc(F)cc1NC(=O)c1ccc(C(=O)O)nc1. The van der Waals surface area contributed by atoms with Gasteiger partial charge in [-0.1, -0.05) is 12.8 Å². The van der Waals surface area contributed by atoms with E-state index in [1.54, 1.807) is 0 Å². The van der Waals surface area contributed by atoms with E-state index in [4.69, 9.17) is 5.11 Å². The van der Waals surface area contributed by atoms with Crippen LogP contribution in [0, 0.1) is 18.7 Å². The van der Waals surface area contributed by atoms with E-state index >= 15 is 0 Å². The van der Waals surface area contributed by atoms with Crippen LogP contribution in [0.3, 0.4) is 0 Å². The van der Waals surface area contributed by atoms with Crippen molar-refractivity contribution in [2.24, 2.45) is 5.92 Å². The molecule has 1 aromatic heterocycles. The minimum absolute atomic E-state index is 0.0890. The molecule has 1 saturated heterocycles. The number of anilines is 1. The molecule has 0 bridgehead atoms. The van der Waals surface area contributed by atoms with Crippen molar-refractivity contribution in [3.63, 3.8) is 0 Å². The topological polar surface area (TPSA) is 103 Å². The average molecular weight is 483 g/mol. The lowest BCUT2D eigenvalue weighted by Crippen LogP contribution is -2.54. The van der Waals surface area contributed by atoms with Crippen molar-refractivity contribution in [1.29, 1.82) is 0 Å². The van der Waals surface area contributed by atoms with Gasteiger partial charge in [0, 0.05) is 50.0 Å². The number of amides is 2. The number of carboxylic acids is 1. The van der Waals surface area contributed by atoms with Crippen molar-refractivity contribution in [3.05, 3.63) is 58.7 Å². The number of benzene rings is 1. The highest BCUT2D eigenvalue weighted by Crippen LogP contribution is 2.29. The standard InChI is InChI=1S/C26H31FN4O4/c1-16-14-30(9-10-31(16)25(33)18-5-3-4-6-18)15-20-11-21(27)12-23(17(20)2)29-24(32)19-7-8-22(26(34)35)28-13-19/h7-8,11-13,16,18H,3-6,9-10,14-15H2,1-2H3,(H,29,32)(H,34,35)/t16-/m0/s1. The Balaban J connectivity index is 1.42. The summed E-state index contributed by atoms with van der Waals surface area (Å²) in [6.07, 6.45) is 5.42. The fourth-order valence-electron chi connectivity index (χ4n) is 5.03. The van der Waals surface area contributed by atoms with Crippen LogP contribution in [0.5, 0.6) is 0 Å². The van der Waals surface area contributed by atoms with Gasteiger partial charge in [-0.2, -0.15) is 0 Å². The Kier molecular flexibility index (Phi) is 7.45. The van der Waals surface area contributed by atoms with Crippen molar-refractivity contribution in [2.75, 3.05) is 25.0 Å². The van der Waals surface area contributed by atoms with Gasteiger partial charge in [0.05, 0.1) is 5.56 Å². The maximum atomic E-state index is 14.5. The molecule has 9 heteroatoms. The first-order valence-corrected chi connectivity index (χ1v) is 12.1. The Morgan fingerprint density at radius 3 is 2.54 bits per heavy atom. The van der Waals surface area contributed by atoms with E-state index in [9.17, 15) is 18.8 Å². The highest BCUT2D eigenvalue weighted by Gasteiger charge is 2.33. The van der Waals surface area contributed by atoms with E-state index in [0.717, 1.165) is 36.8 Å². The summed E-state index contributed by atoms with van der Waals surface area (Å²) in [6.45, 7) is 6.48. The highest BCUT2D eigenvalue weighted by molar-refractivity contribution is 6.04. The summed E-state index contributed by atoms with van der Waals surface area (Å²) in [6, 6.07) is 5.46. The summed E-state index contributed by atoms with van der Waals surface area (Å²) in [5.74, 6) is -1.70. The van der Waals surface area contributed by atoms with Crippen LogP contribution in [0.2, 0.25) is 0 Å². The van der Waals surface area contributed by atoms with Crippen LogP contribution >= 0.6 is 0 Å². The van der Waals surface area contributed by atoms with Crippen LogP contribution in [-0.2, 0) is 11.3 Å². The van der Waals surface area contributed by atoms with Gasteiger partial charge in [-0.05, 0) is 62.1 Å². The number of carboxylic acid groups (broad SMARTS) is 1. The summed E-state index contributed by atoms with van der Waals surface area (Å²) in [4.78, 5) is 44.4. The summed E-state index contributed by atoms with van der Waals surface area (Å²) in [5, 5.41) is 11.7.